The van der Waals surface area contributed by atoms with Crippen LogP contribution in [0.3, 0.4) is 0 Å². The highest BCUT2D eigenvalue weighted by Gasteiger charge is 2.29. The Hall–Kier alpha value is -3.34. The zero-order valence-corrected chi connectivity index (χ0v) is 19.2. The standard InChI is InChI=1S/C21H27ClFN5O5/c1-11(2)9-14(20(31)27-28(8-7-17(24)29)21(32)18(22)23)26-19(30)15-10-12-13(25-15)5-4-6-16(12)33-3/h4-6,10-11,14,18,25H,7-9H2,1-3H3,(H2,24,29)(H,26,30)(H,27,31)/t14-,18-/m0/s1. The number of carbonyl (C=O) groups excluding carboxylic acids is 4. The summed E-state index contributed by atoms with van der Waals surface area (Å²) >= 11 is 5.20. The Bertz CT molecular complexity index is 1030. The van der Waals surface area contributed by atoms with Crippen LogP contribution in [-0.4, -0.2) is 58.9 Å². The van der Waals surface area contributed by atoms with Gasteiger partial charge in [-0.1, -0.05) is 31.5 Å². The third kappa shape index (κ3) is 7.07. The molecule has 0 aliphatic carbocycles. The molecule has 1 aromatic heterocycles. The molecule has 2 rings (SSSR count). The van der Waals surface area contributed by atoms with Crippen molar-refractivity contribution < 1.29 is 28.3 Å². The summed E-state index contributed by atoms with van der Waals surface area (Å²) in [6, 6.07) is 5.82. The number of alkyl halides is 2. The molecule has 1 aromatic carbocycles. The molecule has 0 unspecified atom stereocenters. The molecule has 0 saturated carbocycles. The summed E-state index contributed by atoms with van der Waals surface area (Å²) in [6.45, 7) is 3.30. The van der Waals surface area contributed by atoms with Gasteiger partial charge in [0.1, 0.15) is 17.5 Å². The molecule has 0 bridgehead atoms. The van der Waals surface area contributed by atoms with Crippen LogP contribution in [0, 0.1) is 5.92 Å². The molecule has 0 radical (unpaired) electrons. The summed E-state index contributed by atoms with van der Waals surface area (Å²) in [5, 5.41) is 3.89. The Balaban J connectivity index is 2.21. The topological polar surface area (TPSA) is 147 Å². The van der Waals surface area contributed by atoms with E-state index in [1.807, 2.05) is 13.8 Å². The zero-order chi connectivity index (χ0) is 24.7. The third-order valence-electron chi connectivity index (χ3n) is 4.70. The van der Waals surface area contributed by atoms with Gasteiger partial charge in [0, 0.05) is 17.3 Å². The van der Waals surface area contributed by atoms with Gasteiger partial charge in [0.15, 0.2) is 0 Å². The maximum Gasteiger partial charge on any atom is 0.291 e. The van der Waals surface area contributed by atoms with E-state index in [1.54, 1.807) is 24.3 Å². The number of aromatic amines is 1. The number of nitrogens with one attached hydrogen (secondary N) is 3. The molecule has 0 aliphatic heterocycles. The Labute approximate surface area is 194 Å². The fourth-order valence-corrected chi connectivity index (χ4v) is 3.26. The number of ether oxygens (including phenoxy) is 1. The SMILES string of the molecule is COc1cccc2[nH]c(C(=O)N[C@@H](CC(C)C)C(=O)NN(CCC(N)=O)C(=O)[C@H](F)Cl)cc12. The molecular formula is C21H27ClFN5O5. The van der Waals surface area contributed by atoms with Gasteiger partial charge in [-0.25, -0.2) is 9.40 Å². The summed E-state index contributed by atoms with van der Waals surface area (Å²) in [5.74, 6) is -2.80. The lowest BCUT2D eigenvalue weighted by atomic mass is 10.0. The molecule has 180 valence electrons. The number of rotatable bonds is 10. The Morgan fingerprint density at radius 3 is 2.55 bits per heavy atom. The number of hydrazine groups is 1. The van der Waals surface area contributed by atoms with Crippen molar-refractivity contribution in [3.8, 4) is 5.75 Å². The molecule has 2 atom stereocenters. The summed E-state index contributed by atoms with van der Waals surface area (Å²) in [5.41, 5.74) is 5.73. The average molecular weight is 484 g/mol. The van der Waals surface area contributed by atoms with Gasteiger partial charge in [-0.15, -0.1) is 0 Å². The van der Waals surface area contributed by atoms with Gasteiger partial charge in [-0.3, -0.25) is 24.6 Å². The van der Waals surface area contributed by atoms with Gasteiger partial charge < -0.3 is 20.8 Å². The van der Waals surface area contributed by atoms with E-state index in [2.05, 4.69) is 15.7 Å². The van der Waals surface area contributed by atoms with E-state index in [-0.39, 0.29) is 31.0 Å². The zero-order valence-electron chi connectivity index (χ0n) is 18.5. The predicted molar refractivity (Wildman–Crippen MR) is 120 cm³/mol. The van der Waals surface area contributed by atoms with E-state index in [1.165, 1.54) is 7.11 Å². The van der Waals surface area contributed by atoms with Crippen molar-refractivity contribution >= 4 is 46.1 Å². The van der Waals surface area contributed by atoms with Crippen molar-refractivity contribution in [3.63, 3.8) is 0 Å². The van der Waals surface area contributed by atoms with Crippen molar-refractivity contribution in [2.75, 3.05) is 13.7 Å². The third-order valence-corrected chi connectivity index (χ3v) is 4.88. The van der Waals surface area contributed by atoms with Crippen LogP contribution >= 0.6 is 11.6 Å². The van der Waals surface area contributed by atoms with Gasteiger partial charge >= 0.3 is 0 Å². The van der Waals surface area contributed by atoms with Gasteiger partial charge in [0.25, 0.3) is 23.4 Å². The number of carbonyl (C=O) groups is 4. The largest absolute Gasteiger partial charge is 0.496 e. The normalized spacial score (nSPS) is 12.8. The fourth-order valence-electron chi connectivity index (χ4n) is 3.14. The lowest BCUT2D eigenvalue weighted by Crippen LogP contribution is -2.56. The van der Waals surface area contributed by atoms with Crippen molar-refractivity contribution in [1.82, 2.24) is 20.7 Å². The van der Waals surface area contributed by atoms with E-state index in [4.69, 9.17) is 22.1 Å². The number of amides is 4. The number of halogens is 2. The molecule has 2 aromatic rings. The second-order valence-corrected chi connectivity index (χ2v) is 8.13. The molecule has 0 spiro atoms. The van der Waals surface area contributed by atoms with Gasteiger partial charge in [-0.2, -0.15) is 0 Å². The van der Waals surface area contributed by atoms with Crippen LogP contribution in [0.25, 0.3) is 10.9 Å². The number of hydrogen-bond acceptors (Lipinski definition) is 5. The first-order valence-corrected chi connectivity index (χ1v) is 10.6. The first kappa shape index (κ1) is 25.9. The van der Waals surface area contributed by atoms with Crippen LogP contribution in [0.2, 0.25) is 0 Å². The quantitative estimate of drug-likeness (QED) is 0.299. The number of benzene rings is 1. The number of fused-ring (bicyclic) bond motifs is 1. The molecule has 12 heteroatoms. The molecule has 4 amide bonds. The van der Waals surface area contributed by atoms with Gasteiger partial charge in [0.2, 0.25) is 5.91 Å². The maximum absolute atomic E-state index is 13.3. The summed E-state index contributed by atoms with van der Waals surface area (Å²) in [6.07, 6.45) is -0.105. The summed E-state index contributed by atoms with van der Waals surface area (Å²) < 4.78 is 18.6. The van der Waals surface area contributed by atoms with Crippen LogP contribution in [0.15, 0.2) is 24.3 Å². The van der Waals surface area contributed by atoms with E-state index < -0.39 is 35.3 Å². The van der Waals surface area contributed by atoms with Crippen molar-refractivity contribution in [2.45, 2.75) is 38.4 Å². The number of primary amides is 1. The molecule has 0 aliphatic rings. The first-order chi connectivity index (χ1) is 15.5. The molecular weight excluding hydrogens is 457 g/mol. The average Bonchev–Trinajstić information content (AvgIpc) is 3.19. The molecule has 1 heterocycles. The van der Waals surface area contributed by atoms with Crippen LogP contribution in [0.4, 0.5) is 4.39 Å². The Morgan fingerprint density at radius 2 is 1.97 bits per heavy atom. The van der Waals surface area contributed by atoms with E-state index in [0.717, 1.165) is 0 Å². The van der Waals surface area contributed by atoms with Crippen LogP contribution < -0.4 is 21.2 Å². The number of H-pyrrole nitrogens is 1. The highest BCUT2D eigenvalue weighted by molar-refractivity contribution is 6.29. The number of hydrogen-bond donors (Lipinski definition) is 4. The minimum Gasteiger partial charge on any atom is -0.496 e. The highest BCUT2D eigenvalue weighted by atomic mass is 35.5. The monoisotopic (exact) mass is 483 g/mol. The summed E-state index contributed by atoms with van der Waals surface area (Å²) in [4.78, 5) is 51.7. The number of aromatic nitrogens is 1. The van der Waals surface area contributed by atoms with E-state index in [0.29, 0.717) is 21.7 Å². The van der Waals surface area contributed by atoms with Crippen molar-refractivity contribution in [3.05, 3.63) is 30.0 Å². The molecule has 0 saturated heterocycles. The summed E-state index contributed by atoms with van der Waals surface area (Å²) in [7, 11) is 1.51. The molecule has 0 fully saturated rings. The number of methoxy groups -OCH3 is 1. The van der Waals surface area contributed by atoms with E-state index in [9.17, 15) is 23.6 Å². The first-order valence-electron chi connectivity index (χ1n) is 10.2. The van der Waals surface area contributed by atoms with Crippen molar-refractivity contribution in [1.29, 1.82) is 0 Å². The molecule has 33 heavy (non-hydrogen) atoms. The van der Waals surface area contributed by atoms with E-state index >= 15 is 0 Å². The molecule has 10 nitrogen and oxygen atoms in total. The van der Waals surface area contributed by atoms with Crippen LogP contribution in [-0.2, 0) is 14.4 Å². The lowest BCUT2D eigenvalue weighted by Gasteiger charge is -2.27. The smallest absolute Gasteiger partial charge is 0.291 e. The second kappa shape index (κ2) is 11.5. The van der Waals surface area contributed by atoms with Gasteiger partial charge in [0.05, 0.1) is 13.7 Å². The highest BCUT2D eigenvalue weighted by Crippen LogP contribution is 2.26. The minimum atomic E-state index is -2.43. The Morgan fingerprint density at radius 1 is 1.27 bits per heavy atom. The van der Waals surface area contributed by atoms with Crippen LogP contribution in [0.1, 0.15) is 37.2 Å². The number of nitrogens with two attached hydrogens (primary N) is 1. The fraction of sp³-hybridized carbons (Fsp3) is 0.429. The maximum atomic E-state index is 13.3. The predicted octanol–water partition coefficient (Wildman–Crippen LogP) is 1.59. The van der Waals surface area contributed by atoms with Crippen molar-refractivity contribution in [2.24, 2.45) is 11.7 Å². The molecule has 5 N–H and O–H groups in total. The Kier molecular flexibility index (Phi) is 9.03. The van der Waals surface area contributed by atoms with Gasteiger partial charge in [-0.05, 0) is 30.5 Å². The minimum absolute atomic E-state index is 0.0134. The lowest BCUT2D eigenvalue weighted by molar-refractivity contribution is -0.144. The number of nitrogens with zero attached hydrogens (tertiary/aromatic N) is 1. The van der Waals surface area contributed by atoms with Crippen LogP contribution in [0.5, 0.6) is 5.75 Å². The second-order valence-electron chi connectivity index (χ2n) is 7.74.